The van der Waals surface area contributed by atoms with Gasteiger partial charge in [0, 0.05) is 4.88 Å². The Morgan fingerprint density at radius 2 is 2.07 bits per heavy atom. The Morgan fingerprint density at radius 3 is 2.60 bits per heavy atom. The molecule has 0 radical (unpaired) electrons. The maximum absolute atomic E-state index is 5.91. The first-order valence-corrected chi connectivity index (χ1v) is 6.75. The van der Waals surface area contributed by atoms with Crippen LogP contribution in [-0.2, 0) is 0 Å². The SMILES string of the molecule is CC(C)CNCCC(C)c1ccc(Cl)s1. The molecule has 0 spiro atoms. The van der Waals surface area contributed by atoms with E-state index >= 15 is 0 Å². The molecule has 1 heterocycles. The molecule has 1 N–H and O–H groups in total. The fraction of sp³-hybridized carbons (Fsp3) is 0.667. The number of thiophene rings is 1. The van der Waals surface area contributed by atoms with Gasteiger partial charge in [0.25, 0.3) is 0 Å². The number of hydrogen-bond donors (Lipinski definition) is 1. The van der Waals surface area contributed by atoms with E-state index in [2.05, 4.69) is 32.2 Å². The van der Waals surface area contributed by atoms with Gasteiger partial charge in [-0.25, -0.2) is 0 Å². The van der Waals surface area contributed by atoms with Crippen LogP contribution < -0.4 is 5.32 Å². The number of nitrogens with one attached hydrogen (secondary N) is 1. The second kappa shape index (κ2) is 6.51. The van der Waals surface area contributed by atoms with E-state index in [0.29, 0.717) is 5.92 Å². The quantitative estimate of drug-likeness (QED) is 0.743. The Balaban J connectivity index is 2.21. The van der Waals surface area contributed by atoms with Crippen LogP contribution in [0.3, 0.4) is 0 Å². The van der Waals surface area contributed by atoms with Crippen molar-refractivity contribution >= 4 is 22.9 Å². The molecular weight excluding hydrogens is 226 g/mol. The molecule has 1 unspecified atom stereocenters. The van der Waals surface area contributed by atoms with Gasteiger partial charge in [0.15, 0.2) is 0 Å². The Hall–Kier alpha value is -0.0500. The van der Waals surface area contributed by atoms with Crippen molar-refractivity contribution < 1.29 is 0 Å². The van der Waals surface area contributed by atoms with Crippen LogP contribution in [0.25, 0.3) is 0 Å². The molecule has 0 saturated heterocycles. The normalized spacial score (nSPS) is 13.4. The molecule has 0 bridgehead atoms. The molecule has 86 valence electrons. The molecule has 3 heteroatoms. The highest BCUT2D eigenvalue weighted by Gasteiger charge is 2.07. The molecule has 1 aromatic heterocycles. The molecule has 0 fully saturated rings. The summed E-state index contributed by atoms with van der Waals surface area (Å²) in [6.07, 6.45) is 1.18. The fourth-order valence-corrected chi connectivity index (χ4v) is 2.59. The van der Waals surface area contributed by atoms with Crippen LogP contribution >= 0.6 is 22.9 Å². The van der Waals surface area contributed by atoms with Crippen molar-refractivity contribution in [1.82, 2.24) is 5.32 Å². The third-order valence-corrected chi connectivity index (χ3v) is 3.85. The Bertz CT molecular complexity index is 283. The van der Waals surface area contributed by atoms with Crippen molar-refractivity contribution in [2.24, 2.45) is 5.92 Å². The maximum atomic E-state index is 5.91. The maximum Gasteiger partial charge on any atom is 0.0931 e. The minimum atomic E-state index is 0.613. The van der Waals surface area contributed by atoms with Crippen LogP contribution in [0, 0.1) is 5.92 Å². The molecule has 0 saturated carbocycles. The first-order chi connectivity index (χ1) is 7.09. The monoisotopic (exact) mass is 245 g/mol. The summed E-state index contributed by atoms with van der Waals surface area (Å²) in [5, 5.41) is 3.46. The predicted molar refractivity (Wildman–Crippen MR) is 70.1 cm³/mol. The molecule has 1 aromatic rings. The lowest BCUT2D eigenvalue weighted by Crippen LogP contribution is -2.21. The van der Waals surface area contributed by atoms with Gasteiger partial charge in [-0.15, -0.1) is 11.3 Å². The van der Waals surface area contributed by atoms with Gasteiger partial charge in [-0.1, -0.05) is 32.4 Å². The van der Waals surface area contributed by atoms with Gasteiger partial charge < -0.3 is 5.32 Å². The molecular formula is C12H20ClNS. The second-order valence-corrected chi connectivity index (χ2v) is 6.18. The van der Waals surface area contributed by atoms with E-state index in [0.717, 1.165) is 23.3 Å². The van der Waals surface area contributed by atoms with Crippen molar-refractivity contribution in [2.75, 3.05) is 13.1 Å². The van der Waals surface area contributed by atoms with Crippen molar-refractivity contribution in [3.05, 3.63) is 21.3 Å². The standard InChI is InChI=1S/C12H20ClNS/c1-9(2)8-14-7-6-10(3)11-4-5-12(13)15-11/h4-5,9-10,14H,6-8H2,1-3H3. The van der Waals surface area contributed by atoms with Gasteiger partial charge in [-0.3, -0.25) is 0 Å². The Labute approximate surface area is 102 Å². The lowest BCUT2D eigenvalue weighted by atomic mass is 10.1. The lowest BCUT2D eigenvalue weighted by Gasteiger charge is -2.11. The summed E-state index contributed by atoms with van der Waals surface area (Å²) in [7, 11) is 0. The molecule has 0 aromatic carbocycles. The zero-order valence-electron chi connectivity index (χ0n) is 9.72. The summed E-state index contributed by atoms with van der Waals surface area (Å²) in [4.78, 5) is 1.39. The van der Waals surface area contributed by atoms with E-state index in [1.54, 1.807) is 11.3 Å². The van der Waals surface area contributed by atoms with Crippen LogP contribution in [0.5, 0.6) is 0 Å². The minimum absolute atomic E-state index is 0.613. The summed E-state index contributed by atoms with van der Waals surface area (Å²) in [5.41, 5.74) is 0. The van der Waals surface area contributed by atoms with Gasteiger partial charge in [-0.05, 0) is 43.5 Å². The highest BCUT2D eigenvalue weighted by Crippen LogP contribution is 2.29. The molecule has 1 atom stereocenters. The Kier molecular flexibility index (Phi) is 5.65. The van der Waals surface area contributed by atoms with Crippen LogP contribution in [0.15, 0.2) is 12.1 Å². The van der Waals surface area contributed by atoms with E-state index in [-0.39, 0.29) is 0 Å². The second-order valence-electron chi connectivity index (χ2n) is 4.43. The zero-order valence-corrected chi connectivity index (χ0v) is 11.3. The molecule has 0 aliphatic rings. The van der Waals surface area contributed by atoms with Crippen molar-refractivity contribution in [1.29, 1.82) is 0 Å². The lowest BCUT2D eigenvalue weighted by molar-refractivity contribution is 0.526. The highest BCUT2D eigenvalue weighted by molar-refractivity contribution is 7.16. The van der Waals surface area contributed by atoms with Gasteiger partial charge in [0.2, 0.25) is 0 Å². The van der Waals surface area contributed by atoms with Gasteiger partial charge >= 0.3 is 0 Å². The van der Waals surface area contributed by atoms with Gasteiger partial charge in [0.05, 0.1) is 4.34 Å². The van der Waals surface area contributed by atoms with Crippen molar-refractivity contribution in [3.63, 3.8) is 0 Å². The third kappa shape index (κ3) is 5.01. The smallest absolute Gasteiger partial charge is 0.0931 e. The minimum Gasteiger partial charge on any atom is -0.316 e. The summed E-state index contributed by atoms with van der Waals surface area (Å²) in [6.45, 7) is 8.93. The topological polar surface area (TPSA) is 12.0 Å². The van der Waals surface area contributed by atoms with Crippen molar-refractivity contribution in [2.45, 2.75) is 33.1 Å². The van der Waals surface area contributed by atoms with Gasteiger partial charge in [-0.2, -0.15) is 0 Å². The summed E-state index contributed by atoms with van der Waals surface area (Å²) in [6, 6.07) is 4.12. The summed E-state index contributed by atoms with van der Waals surface area (Å²) < 4.78 is 0.895. The molecule has 15 heavy (non-hydrogen) atoms. The van der Waals surface area contributed by atoms with Crippen LogP contribution in [-0.4, -0.2) is 13.1 Å². The van der Waals surface area contributed by atoms with E-state index < -0.39 is 0 Å². The first kappa shape index (κ1) is 13.0. The Morgan fingerprint density at radius 1 is 1.33 bits per heavy atom. The average Bonchev–Trinajstić information content (AvgIpc) is 2.59. The highest BCUT2D eigenvalue weighted by atomic mass is 35.5. The molecule has 1 nitrogen and oxygen atoms in total. The zero-order chi connectivity index (χ0) is 11.3. The summed E-state index contributed by atoms with van der Waals surface area (Å²) >= 11 is 7.61. The average molecular weight is 246 g/mol. The predicted octanol–water partition coefficient (Wildman–Crippen LogP) is 4.14. The van der Waals surface area contributed by atoms with Crippen LogP contribution in [0.2, 0.25) is 4.34 Å². The molecule has 0 amide bonds. The molecule has 0 aliphatic heterocycles. The fourth-order valence-electron chi connectivity index (χ4n) is 1.44. The van der Waals surface area contributed by atoms with E-state index in [4.69, 9.17) is 11.6 Å². The number of rotatable bonds is 6. The van der Waals surface area contributed by atoms with Crippen molar-refractivity contribution in [3.8, 4) is 0 Å². The molecule has 1 rings (SSSR count). The summed E-state index contributed by atoms with van der Waals surface area (Å²) in [5.74, 6) is 1.35. The van der Waals surface area contributed by atoms with E-state index in [1.807, 2.05) is 6.07 Å². The first-order valence-electron chi connectivity index (χ1n) is 5.55. The van der Waals surface area contributed by atoms with Crippen LogP contribution in [0.4, 0.5) is 0 Å². The number of halogens is 1. The molecule has 0 aliphatic carbocycles. The van der Waals surface area contributed by atoms with E-state index in [1.165, 1.54) is 11.3 Å². The van der Waals surface area contributed by atoms with Crippen LogP contribution in [0.1, 0.15) is 38.0 Å². The largest absolute Gasteiger partial charge is 0.316 e. The van der Waals surface area contributed by atoms with E-state index in [9.17, 15) is 0 Å². The number of hydrogen-bond acceptors (Lipinski definition) is 2. The van der Waals surface area contributed by atoms with Gasteiger partial charge in [0.1, 0.15) is 0 Å². The third-order valence-electron chi connectivity index (χ3n) is 2.39.